The van der Waals surface area contributed by atoms with Crippen molar-refractivity contribution >= 4 is 40.2 Å². The fourth-order valence-electron chi connectivity index (χ4n) is 2.64. The lowest BCUT2D eigenvalue weighted by atomic mass is 10.1. The normalized spacial score (nSPS) is 13.1. The van der Waals surface area contributed by atoms with Crippen molar-refractivity contribution in [3.05, 3.63) is 58.1 Å². The van der Waals surface area contributed by atoms with Crippen LogP contribution in [0.2, 0.25) is 5.02 Å². The van der Waals surface area contributed by atoms with Crippen molar-refractivity contribution in [3.8, 4) is 0 Å². The molecule has 3 N–H and O–H groups in total. The summed E-state index contributed by atoms with van der Waals surface area (Å²) in [7, 11) is 0. The highest BCUT2D eigenvalue weighted by atomic mass is 35.5. The number of nitrogens with two attached hydrogens (primary N) is 1. The van der Waals surface area contributed by atoms with E-state index in [1.54, 1.807) is 6.07 Å². The average Bonchev–Trinajstić information content (AvgIpc) is 2.85. The van der Waals surface area contributed by atoms with Crippen LogP contribution in [0.1, 0.15) is 23.1 Å². The van der Waals surface area contributed by atoms with Gasteiger partial charge in [-0.1, -0.05) is 29.9 Å². The number of nitrogens with one attached hydrogen (secondary N) is 1. The summed E-state index contributed by atoms with van der Waals surface area (Å²) in [4.78, 5) is 0.366. The molecule has 0 spiro atoms. The maximum absolute atomic E-state index is 6.06. The van der Waals surface area contributed by atoms with Gasteiger partial charge >= 0.3 is 0 Å². The average molecular weight is 303 g/mol. The van der Waals surface area contributed by atoms with Crippen molar-refractivity contribution in [2.75, 3.05) is 5.32 Å². The van der Waals surface area contributed by atoms with Crippen LogP contribution in [0, 0.1) is 0 Å². The van der Waals surface area contributed by atoms with Crippen molar-refractivity contribution in [2.45, 2.75) is 19.3 Å². The topological polar surface area (TPSA) is 38.0 Å². The highest BCUT2D eigenvalue weighted by Crippen LogP contribution is 2.29. The van der Waals surface area contributed by atoms with Crippen LogP contribution in [0.25, 0.3) is 0 Å². The minimum absolute atomic E-state index is 0.366. The molecule has 0 heterocycles. The Morgan fingerprint density at radius 3 is 2.70 bits per heavy atom. The molecule has 1 aliphatic rings. The Bertz CT molecular complexity index is 682. The molecule has 0 saturated heterocycles. The molecule has 4 heteroatoms. The van der Waals surface area contributed by atoms with Gasteiger partial charge in [0.1, 0.15) is 4.99 Å². The summed E-state index contributed by atoms with van der Waals surface area (Å²) in [6.45, 7) is 0. The van der Waals surface area contributed by atoms with E-state index in [9.17, 15) is 0 Å². The highest BCUT2D eigenvalue weighted by molar-refractivity contribution is 7.80. The molecule has 0 unspecified atom stereocenters. The predicted molar refractivity (Wildman–Crippen MR) is 89.1 cm³/mol. The van der Waals surface area contributed by atoms with E-state index in [-0.39, 0.29) is 0 Å². The summed E-state index contributed by atoms with van der Waals surface area (Å²) in [6.07, 6.45) is 3.58. The molecule has 102 valence electrons. The second-order valence-corrected chi connectivity index (χ2v) is 5.89. The van der Waals surface area contributed by atoms with Gasteiger partial charge in [0.05, 0.1) is 5.69 Å². The lowest BCUT2D eigenvalue weighted by Gasteiger charge is -2.13. The third-order valence-corrected chi connectivity index (χ3v) is 4.08. The van der Waals surface area contributed by atoms with Crippen molar-refractivity contribution in [1.82, 2.24) is 0 Å². The van der Waals surface area contributed by atoms with E-state index < -0.39 is 0 Å². The minimum Gasteiger partial charge on any atom is -0.389 e. The first-order valence-corrected chi connectivity index (χ1v) is 7.40. The lowest BCUT2D eigenvalue weighted by Crippen LogP contribution is -2.11. The summed E-state index contributed by atoms with van der Waals surface area (Å²) in [6, 6.07) is 12.0. The van der Waals surface area contributed by atoms with Crippen LogP contribution in [-0.4, -0.2) is 4.99 Å². The molecule has 20 heavy (non-hydrogen) atoms. The van der Waals surface area contributed by atoms with Crippen LogP contribution >= 0.6 is 23.8 Å². The number of anilines is 2. The maximum atomic E-state index is 6.06. The molecule has 0 aromatic heterocycles. The molecule has 2 nitrogen and oxygen atoms in total. The molecule has 2 aromatic rings. The summed E-state index contributed by atoms with van der Waals surface area (Å²) >= 11 is 11.1. The van der Waals surface area contributed by atoms with E-state index in [0.717, 1.165) is 23.4 Å². The van der Waals surface area contributed by atoms with Crippen LogP contribution in [0.4, 0.5) is 11.4 Å². The Kier molecular flexibility index (Phi) is 3.64. The van der Waals surface area contributed by atoms with E-state index >= 15 is 0 Å². The van der Waals surface area contributed by atoms with Gasteiger partial charge in [0.15, 0.2) is 0 Å². The molecule has 0 radical (unpaired) electrons. The number of fused-ring (bicyclic) bond motifs is 1. The SMILES string of the molecule is NC(=S)c1ccc(Cl)cc1Nc1ccc2c(c1)CCC2. The smallest absolute Gasteiger partial charge is 0.106 e. The molecule has 2 aromatic carbocycles. The second kappa shape index (κ2) is 5.43. The third kappa shape index (κ3) is 2.65. The second-order valence-electron chi connectivity index (χ2n) is 5.02. The number of hydrogen-bond acceptors (Lipinski definition) is 2. The van der Waals surface area contributed by atoms with Gasteiger partial charge in [-0.05, 0) is 60.7 Å². The Balaban J connectivity index is 1.95. The van der Waals surface area contributed by atoms with Gasteiger partial charge in [-0.15, -0.1) is 0 Å². The number of hydrogen-bond donors (Lipinski definition) is 2. The third-order valence-electron chi connectivity index (χ3n) is 3.62. The molecule has 0 saturated carbocycles. The Morgan fingerprint density at radius 1 is 1.10 bits per heavy atom. The van der Waals surface area contributed by atoms with E-state index in [0.29, 0.717) is 10.0 Å². The van der Waals surface area contributed by atoms with Crippen LogP contribution in [0.5, 0.6) is 0 Å². The number of halogens is 1. The molecule has 0 bridgehead atoms. The summed E-state index contributed by atoms with van der Waals surface area (Å²) in [5.41, 5.74) is 11.3. The lowest BCUT2D eigenvalue weighted by molar-refractivity contribution is 0.912. The van der Waals surface area contributed by atoms with Gasteiger partial charge in [0.2, 0.25) is 0 Å². The first-order chi connectivity index (χ1) is 9.63. The monoisotopic (exact) mass is 302 g/mol. The van der Waals surface area contributed by atoms with Gasteiger partial charge in [0.25, 0.3) is 0 Å². The number of aryl methyl sites for hydroxylation is 2. The minimum atomic E-state index is 0.366. The van der Waals surface area contributed by atoms with Gasteiger partial charge < -0.3 is 11.1 Å². The van der Waals surface area contributed by atoms with E-state index in [1.807, 2.05) is 12.1 Å². The summed E-state index contributed by atoms with van der Waals surface area (Å²) in [5.74, 6) is 0. The number of thiocarbonyl (C=S) groups is 1. The highest BCUT2D eigenvalue weighted by Gasteiger charge is 2.12. The first kappa shape index (κ1) is 13.4. The van der Waals surface area contributed by atoms with Gasteiger partial charge in [-0.3, -0.25) is 0 Å². The predicted octanol–water partition coefficient (Wildman–Crippen LogP) is 4.21. The van der Waals surface area contributed by atoms with E-state index in [1.165, 1.54) is 24.0 Å². The standard InChI is InChI=1S/C16H15ClN2S/c17-12-5-7-14(16(18)20)15(9-12)19-13-6-4-10-2-1-3-11(10)8-13/h4-9,19H,1-3H2,(H2,18,20). The molecule has 1 aliphatic carbocycles. The van der Waals surface area contributed by atoms with Crippen LogP contribution in [0.3, 0.4) is 0 Å². The molecule has 3 rings (SSSR count). The van der Waals surface area contributed by atoms with Gasteiger partial charge in [-0.25, -0.2) is 0 Å². The Hall–Kier alpha value is -1.58. The van der Waals surface area contributed by atoms with Crippen molar-refractivity contribution in [3.63, 3.8) is 0 Å². The largest absolute Gasteiger partial charge is 0.389 e. The summed E-state index contributed by atoms with van der Waals surface area (Å²) < 4.78 is 0. The van der Waals surface area contributed by atoms with Crippen molar-refractivity contribution in [2.24, 2.45) is 5.73 Å². The van der Waals surface area contributed by atoms with E-state index in [4.69, 9.17) is 29.6 Å². The number of benzene rings is 2. The fourth-order valence-corrected chi connectivity index (χ4v) is 2.99. The first-order valence-electron chi connectivity index (χ1n) is 6.61. The van der Waals surface area contributed by atoms with Crippen molar-refractivity contribution in [1.29, 1.82) is 0 Å². The molecule has 0 fully saturated rings. The Labute approximate surface area is 128 Å². The Morgan fingerprint density at radius 2 is 1.90 bits per heavy atom. The maximum Gasteiger partial charge on any atom is 0.106 e. The van der Waals surface area contributed by atoms with Gasteiger partial charge in [0, 0.05) is 16.3 Å². The van der Waals surface area contributed by atoms with Gasteiger partial charge in [-0.2, -0.15) is 0 Å². The zero-order valence-corrected chi connectivity index (χ0v) is 12.5. The van der Waals surface area contributed by atoms with E-state index in [2.05, 4.69) is 23.5 Å². The summed E-state index contributed by atoms with van der Waals surface area (Å²) in [5, 5.41) is 4.03. The zero-order valence-electron chi connectivity index (χ0n) is 10.9. The fraction of sp³-hybridized carbons (Fsp3) is 0.188. The molecular formula is C16H15ClN2S. The van der Waals surface area contributed by atoms with Crippen LogP contribution in [-0.2, 0) is 12.8 Å². The number of rotatable bonds is 3. The molecular weight excluding hydrogens is 288 g/mol. The van der Waals surface area contributed by atoms with Crippen LogP contribution < -0.4 is 11.1 Å². The molecule has 0 aliphatic heterocycles. The van der Waals surface area contributed by atoms with Crippen molar-refractivity contribution < 1.29 is 0 Å². The zero-order chi connectivity index (χ0) is 14.1. The molecule has 0 atom stereocenters. The molecule has 0 amide bonds. The van der Waals surface area contributed by atoms with Crippen LogP contribution in [0.15, 0.2) is 36.4 Å². The quantitative estimate of drug-likeness (QED) is 0.834.